The van der Waals surface area contributed by atoms with E-state index in [4.69, 9.17) is 25.8 Å². The number of carbonyl (C=O) groups is 2. The van der Waals surface area contributed by atoms with Crippen LogP contribution in [0.15, 0.2) is 60.7 Å². The van der Waals surface area contributed by atoms with E-state index in [0.717, 1.165) is 17.7 Å². The zero-order valence-corrected chi connectivity index (χ0v) is 18.5. The molecule has 0 aliphatic rings. The van der Waals surface area contributed by atoms with Crippen LogP contribution in [-0.2, 0) is 16.1 Å². The van der Waals surface area contributed by atoms with E-state index < -0.39 is 35.3 Å². The number of methoxy groups -OCH3 is 1. The number of benzene rings is 3. The lowest BCUT2D eigenvalue weighted by Crippen LogP contribution is -2.30. The average molecular weight is 476 g/mol. The Morgan fingerprint density at radius 3 is 2.36 bits per heavy atom. The summed E-state index contributed by atoms with van der Waals surface area (Å²) in [6.45, 7) is 1.47. The molecule has 9 heteroatoms. The number of para-hydroxylation sites is 1. The number of nitrogens with one attached hydrogen (secondary N) is 1. The highest BCUT2D eigenvalue weighted by molar-refractivity contribution is 6.31. The van der Waals surface area contributed by atoms with E-state index in [1.807, 2.05) is 12.1 Å². The minimum Gasteiger partial charge on any atom is -0.493 e. The lowest BCUT2D eigenvalue weighted by atomic mass is 10.2. The maximum atomic E-state index is 13.7. The van der Waals surface area contributed by atoms with Crippen molar-refractivity contribution in [2.24, 2.45) is 0 Å². The summed E-state index contributed by atoms with van der Waals surface area (Å²) < 4.78 is 43.6. The van der Waals surface area contributed by atoms with Gasteiger partial charge in [0.1, 0.15) is 23.9 Å². The number of hydrogen-bond acceptors (Lipinski definition) is 5. The Hall–Kier alpha value is -3.65. The van der Waals surface area contributed by atoms with Crippen LogP contribution in [0.5, 0.6) is 11.5 Å². The third-order valence-corrected chi connectivity index (χ3v) is 4.97. The standard InChI is InChI=1S/C24H20ClF2NO5/c1-14(23(29)28-22-18(26)8-5-9-19(22)27)33-24(30)15-10-11-20(21(12-15)31-2)32-13-16-6-3-4-7-17(16)25/h3-12,14H,13H2,1-2H3,(H,28,29). The van der Waals surface area contributed by atoms with Crippen molar-refractivity contribution >= 4 is 29.2 Å². The third-order valence-electron chi connectivity index (χ3n) is 4.60. The van der Waals surface area contributed by atoms with Gasteiger partial charge in [0.15, 0.2) is 17.6 Å². The quantitative estimate of drug-likeness (QED) is 0.442. The number of ether oxygens (including phenoxy) is 3. The van der Waals surface area contributed by atoms with E-state index >= 15 is 0 Å². The number of esters is 1. The van der Waals surface area contributed by atoms with Gasteiger partial charge in [-0.05, 0) is 43.3 Å². The minimum atomic E-state index is -1.32. The zero-order chi connectivity index (χ0) is 24.0. The smallest absolute Gasteiger partial charge is 0.339 e. The fourth-order valence-corrected chi connectivity index (χ4v) is 3.00. The van der Waals surface area contributed by atoms with Gasteiger partial charge in [0.2, 0.25) is 0 Å². The third kappa shape index (κ3) is 5.98. The summed E-state index contributed by atoms with van der Waals surface area (Å²) in [7, 11) is 1.41. The van der Waals surface area contributed by atoms with Crippen molar-refractivity contribution in [2.75, 3.05) is 12.4 Å². The maximum absolute atomic E-state index is 13.7. The van der Waals surface area contributed by atoms with E-state index in [1.165, 1.54) is 38.3 Å². The molecule has 0 aliphatic heterocycles. The molecule has 6 nitrogen and oxygen atoms in total. The number of anilines is 1. The molecule has 1 unspecified atom stereocenters. The van der Waals surface area contributed by atoms with Crippen LogP contribution < -0.4 is 14.8 Å². The van der Waals surface area contributed by atoms with Crippen molar-refractivity contribution in [3.8, 4) is 11.5 Å². The molecule has 0 radical (unpaired) electrons. The predicted octanol–water partition coefficient (Wildman–Crippen LogP) is 5.39. The molecular formula is C24H20ClF2NO5. The molecule has 0 saturated carbocycles. The summed E-state index contributed by atoms with van der Waals surface area (Å²) in [5, 5.41) is 2.64. The van der Waals surface area contributed by atoms with Crippen LogP contribution in [0.1, 0.15) is 22.8 Å². The van der Waals surface area contributed by atoms with Crippen molar-refractivity contribution in [3.05, 3.63) is 88.4 Å². The number of halogens is 3. The van der Waals surface area contributed by atoms with Gasteiger partial charge in [-0.15, -0.1) is 0 Å². The minimum absolute atomic E-state index is 0.0914. The van der Waals surface area contributed by atoms with Crippen LogP contribution in [0, 0.1) is 11.6 Å². The van der Waals surface area contributed by atoms with Crippen LogP contribution in [0.4, 0.5) is 14.5 Å². The molecule has 1 N–H and O–H groups in total. The maximum Gasteiger partial charge on any atom is 0.339 e. The first kappa shape index (κ1) is 24.0. The molecule has 33 heavy (non-hydrogen) atoms. The van der Waals surface area contributed by atoms with Gasteiger partial charge in [-0.3, -0.25) is 4.79 Å². The summed E-state index contributed by atoms with van der Waals surface area (Å²) >= 11 is 6.13. The monoisotopic (exact) mass is 475 g/mol. The molecule has 0 fully saturated rings. The summed E-state index contributed by atoms with van der Waals surface area (Å²) in [4.78, 5) is 24.7. The highest BCUT2D eigenvalue weighted by Gasteiger charge is 2.22. The Bertz CT molecular complexity index is 1150. The molecule has 3 rings (SSSR count). The highest BCUT2D eigenvalue weighted by atomic mass is 35.5. The molecule has 1 atom stereocenters. The Morgan fingerprint density at radius 2 is 1.70 bits per heavy atom. The molecule has 172 valence electrons. The number of rotatable bonds is 8. The first-order valence-corrected chi connectivity index (χ1v) is 10.2. The largest absolute Gasteiger partial charge is 0.493 e. The molecular weight excluding hydrogens is 456 g/mol. The number of amides is 1. The Balaban J connectivity index is 1.65. The van der Waals surface area contributed by atoms with Gasteiger partial charge >= 0.3 is 5.97 Å². The second-order valence-electron chi connectivity index (χ2n) is 6.88. The summed E-state index contributed by atoms with van der Waals surface area (Å²) in [5.41, 5.74) is 0.247. The molecule has 3 aromatic rings. The molecule has 0 heterocycles. The van der Waals surface area contributed by atoms with Gasteiger partial charge < -0.3 is 19.5 Å². The van der Waals surface area contributed by atoms with E-state index in [1.54, 1.807) is 12.1 Å². The van der Waals surface area contributed by atoms with Crippen LogP contribution >= 0.6 is 11.6 Å². The molecule has 0 bridgehead atoms. The Labute approximate surface area is 194 Å². The normalized spacial score (nSPS) is 11.4. The van der Waals surface area contributed by atoms with Crippen molar-refractivity contribution in [1.29, 1.82) is 0 Å². The van der Waals surface area contributed by atoms with Gasteiger partial charge in [0.05, 0.1) is 12.7 Å². The first-order chi connectivity index (χ1) is 15.8. The topological polar surface area (TPSA) is 73.9 Å². The fourth-order valence-electron chi connectivity index (χ4n) is 2.81. The van der Waals surface area contributed by atoms with E-state index in [0.29, 0.717) is 10.8 Å². The lowest BCUT2D eigenvalue weighted by molar-refractivity contribution is -0.123. The SMILES string of the molecule is COc1cc(C(=O)OC(C)C(=O)Nc2c(F)cccc2F)ccc1OCc1ccccc1Cl. The average Bonchev–Trinajstić information content (AvgIpc) is 2.80. The van der Waals surface area contributed by atoms with Gasteiger partial charge in [0, 0.05) is 10.6 Å². The second-order valence-corrected chi connectivity index (χ2v) is 7.29. The summed E-state index contributed by atoms with van der Waals surface area (Å²) in [6.07, 6.45) is -1.32. The highest BCUT2D eigenvalue weighted by Crippen LogP contribution is 2.30. The van der Waals surface area contributed by atoms with Crippen molar-refractivity contribution in [1.82, 2.24) is 0 Å². The van der Waals surface area contributed by atoms with Crippen LogP contribution in [0.3, 0.4) is 0 Å². The summed E-state index contributed by atoms with van der Waals surface area (Å²) in [6, 6.07) is 14.7. The molecule has 0 saturated heterocycles. The second kappa shape index (κ2) is 10.8. The van der Waals surface area contributed by atoms with Gasteiger partial charge in [-0.1, -0.05) is 35.9 Å². The van der Waals surface area contributed by atoms with Gasteiger partial charge in [-0.2, -0.15) is 0 Å². The van der Waals surface area contributed by atoms with Crippen molar-refractivity contribution in [2.45, 2.75) is 19.6 Å². The lowest BCUT2D eigenvalue weighted by Gasteiger charge is -2.15. The summed E-state index contributed by atoms with van der Waals surface area (Å²) in [5.74, 6) is -2.98. The molecule has 0 aliphatic carbocycles. The van der Waals surface area contributed by atoms with E-state index in [9.17, 15) is 18.4 Å². The van der Waals surface area contributed by atoms with Crippen LogP contribution in [0.25, 0.3) is 0 Å². The predicted molar refractivity (Wildman–Crippen MR) is 119 cm³/mol. The van der Waals surface area contributed by atoms with Gasteiger partial charge in [-0.25, -0.2) is 13.6 Å². The molecule has 3 aromatic carbocycles. The number of hydrogen-bond donors (Lipinski definition) is 1. The number of carbonyl (C=O) groups excluding carboxylic acids is 2. The van der Waals surface area contributed by atoms with Gasteiger partial charge in [0.25, 0.3) is 5.91 Å². The van der Waals surface area contributed by atoms with E-state index in [2.05, 4.69) is 5.32 Å². The zero-order valence-electron chi connectivity index (χ0n) is 17.7. The fraction of sp³-hybridized carbons (Fsp3) is 0.167. The van der Waals surface area contributed by atoms with E-state index in [-0.39, 0.29) is 17.9 Å². The Kier molecular flexibility index (Phi) is 7.84. The van der Waals surface area contributed by atoms with Crippen LogP contribution in [0.2, 0.25) is 5.02 Å². The molecule has 0 aromatic heterocycles. The van der Waals surface area contributed by atoms with Crippen molar-refractivity contribution < 1.29 is 32.6 Å². The first-order valence-electron chi connectivity index (χ1n) is 9.80. The molecule has 0 spiro atoms. The van der Waals surface area contributed by atoms with Crippen molar-refractivity contribution in [3.63, 3.8) is 0 Å². The molecule has 1 amide bonds. The Morgan fingerprint density at radius 1 is 1.00 bits per heavy atom. The van der Waals surface area contributed by atoms with Crippen LogP contribution in [-0.4, -0.2) is 25.1 Å².